The number of nitrogens with zero attached hydrogens (tertiary/aromatic N) is 1. The minimum atomic E-state index is -0.301. The first-order valence-corrected chi connectivity index (χ1v) is 4.31. The van der Waals surface area contributed by atoms with Crippen molar-refractivity contribution in [2.24, 2.45) is 5.16 Å². The van der Waals surface area contributed by atoms with E-state index in [1.165, 1.54) is 19.3 Å². The molecule has 0 aromatic carbocycles. The molecule has 0 unspecified atom stereocenters. The van der Waals surface area contributed by atoms with Crippen LogP contribution < -0.4 is 5.32 Å². The van der Waals surface area contributed by atoms with E-state index in [4.69, 9.17) is 5.21 Å². The van der Waals surface area contributed by atoms with E-state index < -0.39 is 0 Å². The van der Waals surface area contributed by atoms with E-state index in [0.29, 0.717) is 0 Å². The van der Waals surface area contributed by atoms with E-state index in [1.807, 2.05) is 0 Å². The second kappa shape index (κ2) is 4.74. The number of rotatable bonds is 2. The van der Waals surface area contributed by atoms with Crippen molar-refractivity contribution in [3.05, 3.63) is 0 Å². The summed E-state index contributed by atoms with van der Waals surface area (Å²) in [6.07, 6.45) is 6.62. The summed E-state index contributed by atoms with van der Waals surface area (Å²) in [5, 5.41) is 13.5. The summed E-state index contributed by atoms with van der Waals surface area (Å²) < 4.78 is 0. The molecular formula is C8H14N2O2. The van der Waals surface area contributed by atoms with Crippen LogP contribution in [0.3, 0.4) is 0 Å². The SMILES string of the molecule is O=C(C=NO)NC1CCCCC1. The molecule has 0 aliphatic heterocycles. The fourth-order valence-corrected chi connectivity index (χ4v) is 1.54. The zero-order valence-corrected chi connectivity index (χ0v) is 6.99. The van der Waals surface area contributed by atoms with E-state index in [-0.39, 0.29) is 11.9 Å². The van der Waals surface area contributed by atoms with Crippen LogP contribution in [0, 0.1) is 0 Å². The van der Waals surface area contributed by atoms with Gasteiger partial charge in [-0.3, -0.25) is 4.79 Å². The van der Waals surface area contributed by atoms with Crippen LogP contribution in [0.25, 0.3) is 0 Å². The second-order valence-corrected chi connectivity index (χ2v) is 3.09. The molecule has 2 N–H and O–H groups in total. The molecule has 0 bridgehead atoms. The van der Waals surface area contributed by atoms with Crippen molar-refractivity contribution < 1.29 is 10.0 Å². The van der Waals surface area contributed by atoms with Crippen LogP contribution in [0.2, 0.25) is 0 Å². The molecule has 0 saturated heterocycles. The third-order valence-electron chi connectivity index (χ3n) is 2.13. The Kier molecular flexibility index (Phi) is 3.57. The number of nitrogens with one attached hydrogen (secondary N) is 1. The smallest absolute Gasteiger partial charge is 0.266 e. The van der Waals surface area contributed by atoms with E-state index in [0.717, 1.165) is 19.1 Å². The van der Waals surface area contributed by atoms with Gasteiger partial charge in [0.05, 0.1) is 0 Å². The highest BCUT2D eigenvalue weighted by atomic mass is 16.4. The Hall–Kier alpha value is -1.06. The van der Waals surface area contributed by atoms with Gasteiger partial charge in [0.1, 0.15) is 6.21 Å². The highest BCUT2D eigenvalue weighted by Gasteiger charge is 2.14. The number of oxime groups is 1. The Morgan fingerprint density at radius 3 is 2.67 bits per heavy atom. The Bertz CT molecular complexity index is 174. The van der Waals surface area contributed by atoms with Gasteiger partial charge in [-0.15, -0.1) is 0 Å². The highest BCUT2D eigenvalue weighted by Crippen LogP contribution is 2.16. The van der Waals surface area contributed by atoms with Crippen molar-refractivity contribution in [3.63, 3.8) is 0 Å². The molecule has 0 aromatic rings. The summed E-state index contributed by atoms with van der Waals surface area (Å²) in [5.41, 5.74) is 0. The van der Waals surface area contributed by atoms with Gasteiger partial charge in [0.2, 0.25) is 0 Å². The molecule has 0 aromatic heterocycles. The molecule has 1 rings (SSSR count). The highest BCUT2D eigenvalue weighted by molar-refractivity contribution is 6.26. The lowest BCUT2D eigenvalue weighted by molar-refractivity contribution is -0.115. The van der Waals surface area contributed by atoms with E-state index in [9.17, 15) is 4.79 Å². The van der Waals surface area contributed by atoms with Crippen LogP contribution in [0.5, 0.6) is 0 Å². The van der Waals surface area contributed by atoms with Gasteiger partial charge in [-0.1, -0.05) is 24.4 Å². The predicted molar refractivity (Wildman–Crippen MR) is 45.3 cm³/mol. The third-order valence-corrected chi connectivity index (χ3v) is 2.13. The molecule has 0 atom stereocenters. The van der Waals surface area contributed by atoms with Crippen LogP contribution in [-0.2, 0) is 4.79 Å². The quantitative estimate of drug-likeness (QED) is 0.367. The number of carbonyl (C=O) groups is 1. The fraction of sp³-hybridized carbons (Fsp3) is 0.750. The van der Waals surface area contributed by atoms with E-state index >= 15 is 0 Å². The summed E-state index contributed by atoms with van der Waals surface area (Å²) in [4.78, 5) is 10.9. The molecule has 0 spiro atoms. The summed E-state index contributed by atoms with van der Waals surface area (Å²) in [7, 11) is 0. The summed E-state index contributed by atoms with van der Waals surface area (Å²) in [6.45, 7) is 0. The maximum absolute atomic E-state index is 10.9. The molecule has 0 heterocycles. The van der Waals surface area contributed by atoms with Gasteiger partial charge in [0.15, 0.2) is 0 Å². The van der Waals surface area contributed by atoms with E-state index in [2.05, 4.69) is 10.5 Å². The molecule has 1 fully saturated rings. The zero-order valence-electron chi connectivity index (χ0n) is 6.99. The number of amides is 1. The Morgan fingerprint density at radius 1 is 1.42 bits per heavy atom. The first-order chi connectivity index (χ1) is 5.83. The molecular weight excluding hydrogens is 156 g/mol. The summed E-state index contributed by atoms with van der Waals surface area (Å²) in [6, 6.07) is 0.282. The first-order valence-electron chi connectivity index (χ1n) is 4.31. The van der Waals surface area contributed by atoms with Crippen molar-refractivity contribution in [1.82, 2.24) is 5.32 Å². The van der Waals surface area contributed by atoms with Gasteiger partial charge >= 0.3 is 0 Å². The molecule has 0 radical (unpaired) electrons. The molecule has 1 amide bonds. The van der Waals surface area contributed by atoms with Crippen LogP contribution in [0.1, 0.15) is 32.1 Å². The maximum Gasteiger partial charge on any atom is 0.266 e. The Labute approximate surface area is 71.6 Å². The van der Waals surface area contributed by atoms with Crippen molar-refractivity contribution in [1.29, 1.82) is 0 Å². The van der Waals surface area contributed by atoms with Gasteiger partial charge in [-0.05, 0) is 12.8 Å². The zero-order chi connectivity index (χ0) is 8.81. The third kappa shape index (κ3) is 2.90. The van der Waals surface area contributed by atoms with Gasteiger partial charge in [0, 0.05) is 6.04 Å². The van der Waals surface area contributed by atoms with Crippen LogP contribution in [0.15, 0.2) is 5.16 Å². The lowest BCUT2D eigenvalue weighted by Crippen LogP contribution is -2.36. The number of hydrogen-bond acceptors (Lipinski definition) is 3. The van der Waals surface area contributed by atoms with Gasteiger partial charge in [-0.2, -0.15) is 0 Å². The maximum atomic E-state index is 10.9. The van der Waals surface area contributed by atoms with Crippen LogP contribution >= 0.6 is 0 Å². The van der Waals surface area contributed by atoms with Gasteiger partial charge in [-0.25, -0.2) is 0 Å². The average Bonchev–Trinajstić information content (AvgIpc) is 2.06. The molecule has 68 valence electrons. The van der Waals surface area contributed by atoms with Crippen molar-refractivity contribution >= 4 is 12.1 Å². The monoisotopic (exact) mass is 170 g/mol. The normalized spacial score (nSPS) is 19.7. The molecule has 4 nitrogen and oxygen atoms in total. The van der Waals surface area contributed by atoms with Crippen molar-refractivity contribution in [3.8, 4) is 0 Å². The number of carbonyl (C=O) groups excluding carboxylic acids is 1. The molecule has 1 aliphatic carbocycles. The van der Waals surface area contributed by atoms with Crippen molar-refractivity contribution in [2.45, 2.75) is 38.1 Å². The predicted octanol–water partition coefficient (Wildman–Crippen LogP) is 0.895. The average molecular weight is 170 g/mol. The topological polar surface area (TPSA) is 61.7 Å². The first kappa shape index (κ1) is 9.03. The van der Waals surface area contributed by atoms with Gasteiger partial charge < -0.3 is 10.5 Å². The summed E-state index contributed by atoms with van der Waals surface area (Å²) in [5.74, 6) is -0.301. The minimum absolute atomic E-state index is 0.282. The Morgan fingerprint density at radius 2 is 2.08 bits per heavy atom. The molecule has 12 heavy (non-hydrogen) atoms. The summed E-state index contributed by atoms with van der Waals surface area (Å²) >= 11 is 0. The standard InChI is InChI=1S/C8H14N2O2/c11-8(6-9-12)10-7-4-2-1-3-5-7/h6-7,12H,1-5H2,(H,10,11). The Balaban J connectivity index is 2.24. The fourth-order valence-electron chi connectivity index (χ4n) is 1.54. The lowest BCUT2D eigenvalue weighted by Gasteiger charge is -2.21. The van der Waals surface area contributed by atoms with Crippen LogP contribution in [0.4, 0.5) is 0 Å². The molecule has 4 heteroatoms. The van der Waals surface area contributed by atoms with Crippen LogP contribution in [-0.4, -0.2) is 23.4 Å². The van der Waals surface area contributed by atoms with Gasteiger partial charge in [0.25, 0.3) is 5.91 Å². The number of hydrogen-bond donors (Lipinski definition) is 2. The lowest BCUT2D eigenvalue weighted by atomic mass is 9.95. The van der Waals surface area contributed by atoms with Crippen molar-refractivity contribution in [2.75, 3.05) is 0 Å². The second-order valence-electron chi connectivity index (χ2n) is 3.09. The molecule has 1 saturated carbocycles. The van der Waals surface area contributed by atoms with E-state index in [1.54, 1.807) is 0 Å². The minimum Gasteiger partial charge on any atom is -0.411 e. The molecule has 1 aliphatic rings. The largest absolute Gasteiger partial charge is 0.411 e.